The molecule has 0 unspecified atom stereocenters. The van der Waals surface area contributed by atoms with Gasteiger partial charge in [0.2, 0.25) is 5.91 Å². The summed E-state index contributed by atoms with van der Waals surface area (Å²) in [5.41, 5.74) is 9.58. The quantitative estimate of drug-likeness (QED) is 0.353. The number of aromatic hydroxyl groups is 1. The summed E-state index contributed by atoms with van der Waals surface area (Å²) in [6.07, 6.45) is 1.92. The Morgan fingerprint density at radius 3 is 2.62 bits per heavy atom. The van der Waals surface area contributed by atoms with Crippen molar-refractivity contribution in [1.82, 2.24) is 10.3 Å². The molecule has 0 aliphatic carbocycles. The summed E-state index contributed by atoms with van der Waals surface area (Å²) in [7, 11) is 0. The summed E-state index contributed by atoms with van der Waals surface area (Å²) in [5, 5.41) is 26.3. The number of pyridine rings is 1. The van der Waals surface area contributed by atoms with E-state index in [1.54, 1.807) is 43.5 Å². The van der Waals surface area contributed by atoms with E-state index in [4.69, 9.17) is 5.73 Å². The van der Waals surface area contributed by atoms with Crippen LogP contribution in [-0.4, -0.2) is 33.7 Å². The van der Waals surface area contributed by atoms with Crippen molar-refractivity contribution in [2.45, 2.75) is 38.8 Å². The van der Waals surface area contributed by atoms with Crippen LogP contribution in [0.25, 0.3) is 0 Å². The molecule has 0 saturated heterocycles. The lowest BCUT2D eigenvalue weighted by atomic mass is 10.0. The molecule has 6 N–H and O–H groups in total. The molecule has 1 amide bonds. The normalized spacial score (nSPS) is 12.8. The lowest BCUT2D eigenvalue weighted by molar-refractivity contribution is -0.115. The zero-order chi connectivity index (χ0) is 23.1. The van der Waals surface area contributed by atoms with Gasteiger partial charge in [0.05, 0.1) is 12.5 Å². The van der Waals surface area contributed by atoms with Crippen LogP contribution < -0.4 is 16.4 Å². The average molecular weight is 435 g/mol. The van der Waals surface area contributed by atoms with Gasteiger partial charge in [-0.3, -0.25) is 4.79 Å². The molecule has 2 aromatic carbocycles. The van der Waals surface area contributed by atoms with Crippen LogP contribution in [0.2, 0.25) is 0 Å². The molecule has 0 aliphatic heterocycles. The van der Waals surface area contributed by atoms with Gasteiger partial charge in [-0.15, -0.1) is 0 Å². The standard InChI is InChI=1S/C25H30N4O3/c1-16(27-15-23(31)20-9-10-24(26)28-14-20)11-18-5-3-6-19(12-18)13-25(32)29-21-7-4-8-22(30)17(21)2/h3-10,12,14,16,23,27,30-31H,11,13,15H2,1-2H3,(H2,26,28)(H,29,32)/t16-,23-/m1/s1. The van der Waals surface area contributed by atoms with Gasteiger partial charge in [-0.05, 0) is 49.6 Å². The first-order chi connectivity index (χ1) is 15.3. The summed E-state index contributed by atoms with van der Waals surface area (Å²) >= 11 is 0. The van der Waals surface area contributed by atoms with Crippen LogP contribution >= 0.6 is 0 Å². The summed E-state index contributed by atoms with van der Waals surface area (Å²) in [5.74, 6) is 0.444. The van der Waals surface area contributed by atoms with E-state index in [0.29, 0.717) is 29.2 Å². The number of hydrogen-bond donors (Lipinski definition) is 5. The molecule has 7 nitrogen and oxygen atoms in total. The fraction of sp³-hybridized carbons (Fsp3) is 0.280. The monoisotopic (exact) mass is 434 g/mol. The molecular weight excluding hydrogens is 404 g/mol. The lowest BCUT2D eigenvalue weighted by Gasteiger charge is -2.18. The van der Waals surface area contributed by atoms with E-state index in [1.165, 1.54) is 0 Å². The molecule has 0 radical (unpaired) electrons. The first-order valence-corrected chi connectivity index (χ1v) is 10.6. The molecule has 2 atom stereocenters. The van der Waals surface area contributed by atoms with Gasteiger partial charge in [0, 0.05) is 35.6 Å². The second-order valence-corrected chi connectivity index (χ2v) is 8.04. The van der Waals surface area contributed by atoms with E-state index in [9.17, 15) is 15.0 Å². The molecule has 32 heavy (non-hydrogen) atoms. The van der Waals surface area contributed by atoms with Crippen molar-refractivity contribution in [1.29, 1.82) is 0 Å². The zero-order valence-corrected chi connectivity index (χ0v) is 18.4. The number of aliphatic hydroxyl groups excluding tert-OH is 1. The van der Waals surface area contributed by atoms with Gasteiger partial charge in [-0.2, -0.15) is 0 Å². The van der Waals surface area contributed by atoms with E-state index in [1.807, 2.05) is 24.3 Å². The molecule has 0 bridgehead atoms. The van der Waals surface area contributed by atoms with E-state index in [2.05, 4.69) is 22.5 Å². The Labute approximate surface area is 188 Å². The highest BCUT2D eigenvalue weighted by molar-refractivity contribution is 5.93. The SMILES string of the molecule is Cc1c(O)cccc1NC(=O)Cc1cccc(C[C@@H](C)NC[C@@H](O)c2ccc(N)nc2)c1. The first kappa shape index (κ1) is 23.2. The van der Waals surface area contributed by atoms with Gasteiger partial charge >= 0.3 is 0 Å². The molecule has 1 aromatic heterocycles. The van der Waals surface area contributed by atoms with Gasteiger partial charge in [0.25, 0.3) is 0 Å². The molecular formula is C25H30N4O3. The summed E-state index contributed by atoms with van der Waals surface area (Å²) < 4.78 is 0. The van der Waals surface area contributed by atoms with Crippen LogP contribution in [0.1, 0.15) is 35.3 Å². The highest BCUT2D eigenvalue weighted by Gasteiger charge is 2.12. The number of aromatic nitrogens is 1. The number of carbonyl (C=O) groups is 1. The van der Waals surface area contributed by atoms with Crippen LogP contribution in [-0.2, 0) is 17.6 Å². The van der Waals surface area contributed by atoms with Crippen LogP contribution in [0.3, 0.4) is 0 Å². The number of nitrogen functional groups attached to an aromatic ring is 1. The van der Waals surface area contributed by atoms with Crippen LogP contribution in [0.4, 0.5) is 11.5 Å². The van der Waals surface area contributed by atoms with Crippen LogP contribution in [0.15, 0.2) is 60.8 Å². The second kappa shape index (κ2) is 10.7. The Morgan fingerprint density at radius 2 is 1.88 bits per heavy atom. The fourth-order valence-corrected chi connectivity index (χ4v) is 3.48. The number of nitrogens with zero attached hydrogens (tertiary/aromatic N) is 1. The van der Waals surface area contributed by atoms with Crippen molar-refractivity contribution < 1.29 is 15.0 Å². The van der Waals surface area contributed by atoms with Crippen molar-refractivity contribution in [2.24, 2.45) is 0 Å². The summed E-state index contributed by atoms with van der Waals surface area (Å²) in [6.45, 7) is 4.22. The van der Waals surface area contributed by atoms with E-state index in [0.717, 1.165) is 17.5 Å². The number of benzene rings is 2. The number of carbonyl (C=O) groups excluding carboxylic acids is 1. The number of hydrogen-bond acceptors (Lipinski definition) is 6. The zero-order valence-electron chi connectivity index (χ0n) is 18.4. The number of nitrogens with two attached hydrogens (primary N) is 1. The third-order valence-electron chi connectivity index (χ3n) is 5.33. The average Bonchev–Trinajstić information content (AvgIpc) is 2.76. The molecule has 1 heterocycles. The number of phenolic OH excluding ortho intramolecular Hbond substituents is 1. The molecule has 3 rings (SSSR count). The largest absolute Gasteiger partial charge is 0.508 e. The highest BCUT2D eigenvalue weighted by atomic mass is 16.3. The Hall–Kier alpha value is -3.42. The van der Waals surface area contributed by atoms with E-state index < -0.39 is 6.10 Å². The fourth-order valence-electron chi connectivity index (χ4n) is 3.48. The minimum atomic E-state index is -0.665. The minimum Gasteiger partial charge on any atom is -0.508 e. The van der Waals surface area contributed by atoms with Crippen molar-refractivity contribution in [3.8, 4) is 5.75 Å². The van der Waals surface area contributed by atoms with Gasteiger partial charge in [-0.25, -0.2) is 4.98 Å². The van der Waals surface area contributed by atoms with Crippen LogP contribution in [0.5, 0.6) is 5.75 Å². The maximum Gasteiger partial charge on any atom is 0.228 e. The van der Waals surface area contributed by atoms with Crippen molar-refractivity contribution in [2.75, 3.05) is 17.6 Å². The van der Waals surface area contributed by atoms with Crippen molar-refractivity contribution in [3.05, 3.63) is 83.0 Å². The van der Waals surface area contributed by atoms with E-state index in [-0.39, 0.29) is 24.1 Å². The van der Waals surface area contributed by atoms with Crippen LogP contribution in [0, 0.1) is 6.92 Å². The number of anilines is 2. The van der Waals surface area contributed by atoms with Gasteiger partial charge in [0.15, 0.2) is 0 Å². The Balaban J connectivity index is 1.52. The maximum absolute atomic E-state index is 12.5. The predicted molar refractivity (Wildman–Crippen MR) is 126 cm³/mol. The number of amides is 1. The molecule has 0 aliphatic rings. The number of nitrogens with one attached hydrogen (secondary N) is 2. The van der Waals surface area contributed by atoms with Gasteiger partial charge < -0.3 is 26.6 Å². The third-order valence-corrected chi connectivity index (χ3v) is 5.33. The molecule has 0 spiro atoms. The molecule has 168 valence electrons. The van der Waals surface area contributed by atoms with E-state index >= 15 is 0 Å². The Bertz CT molecular complexity index is 1050. The predicted octanol–water partition coefficient (Wildman–Crippen LogP) is 3.11. The minimum absolute atomic E-state index is 0.130. The number of rotatable bonds is 9. The smallest absolute Gasteiger partial charge is 0.228 e. The van der Waals surface area contributed by atoms with Gasteiger partial charge in [0.1, 0.15) is 11.6 Å². The summed E-state index contributed by atoms with van der Waals surface area (Å²) in [6, 6.07) is 16.6. The Morgan fingerprint density at radius 1 is 1.12 bits per heavy atom. The number of phenols is 1. The second-order valence-electron chi connectivity index (χ2n) is 8.04. The molecule has 3 aromatic rings. The molecule has 7 heteroatoms. The molecule has 0 saturated carbocycles. The molecule has 0 fully saturated rings. The van der Waals surface area contributed by atoms with Crippen molar-refractivity contribution >= 4 is 17.4 Å². The summed E-state index contributed by atoms with van der Waals surface area (Å²) in [4.78, 5) is 16.5. The topological polar surface area (TPSA) is 120 Å². The highest BCUT2D eigenvalue weighted by Crippen LogP contribution is 2.24. The third kappa shape index (κ3) is 6.54. The van der Waals surface area contributed by atoms with Crippen molar-refractivity contribution in [3.63, 3.8) is 0 Å². The Kier molecular flexibility index (Phi) is 7.81. The lowest BCUT2D eigenvalue weighted by Crippen LogP contribution is -2.32. The number of aliphatic hydroxyl groups is 1. The van der Waals surface area contributed by atoms with Gasteiger partial charge in [-0.1, -0.05) is 36.4 Å². The first-order valence-electron chi connectivity index (χ1n) is 10.6. The maximum atomic E-state index is 12.5.